The number of H-pyrrole nitrogens is 1. The molecule has 1 heterocycles. The second-order valence-corrected chi connectivity index (χ2v) is 4.23. The number of aromatic nitrogens is 2. The number of anilines is 1. The first-order valence-electron chi connectivity index (χ1n) is 5.89. The van der Waals surface area contributed by atoms with Crippen molar-refractivity contribution in [3.63, 3.8) is 0 Å². The number of hydrazone groups is 1. The summed E-state index contributed by atoms with van der Waals surface area (Å²) in [6.07, 6.45) is -3.20. The number of hydrogen-bond acceptors (Lipinski definition) is 4. The van der Waals surface area contributed by atoms with E-state index in [1.165, 1.54) is 24.4 Å². The molecule has 0 radical (unpaired) electrons. The summed E-state index contributed by atoms with van der Waals surface area (Å²) in [4.78, 5) is 17.5. The summed E-state index contributed by atoms with van der Waals surface area (Å²) in [6, 6.07) is 6.02. The Hall–Kier alpha value is -2.64. The highest BCUT2D eigenvalue weighted by Crippen LogP contribution is 2.29. The van der Waals surface area contributed by atoms with E-state index < -0.39 is 11.7 Å². The molecule has 0 bridgehead atoms. The van der Waals surface area contributed by atoms with E-state index >= 15 is 0 Å². The van der Waals surface area contributed by atoms with Gasteiger partial charge < -0.3 is 0 Å². The lowest BCUT2D eigenvalue weighted by Gasteiger charge is -2.06. The van der Waals surface area contributed by atoms with Crippen LogP contribution in [0.25, 0.3) is 0 Å². The third-order valence-electron chi connectivity index (χ3n) is 2.47. The van der Waals surface area contributed by atoms with E-state index in [2.05, 4.69) is 20.5 Å². The topological polar surface area (TPSA) is 70.1 Å². The molecule has 0 spiro atoms. The number of benzene rings is 1. The fraction of sp³-hybridized carbons (Fsp3) is 0.154. The van der Waals surface area contributed by atoms with Crippen molar-refractivity contribution >= 4 is 12.2 Å². The first kappa shape index (κ1) is 14.8. The highest BCUT2D eigenvalue weighted by molar-refractivity contribution is 5.80. The highest BCUT2D eigenvalue weighted by Gasteiger charge is 2.30. The predicted octanol–water partition coefficient (Wildman–Crippen LogP) is 2.54. The Morgan fingerprint density at radius 1 is 1.33 bits per heavy atom. The van der Waals surface area contributed by atoms with Gasteiger partial charge in [-0.2, -0.15) is 18.3 Å². The molecular weight excluding hydrogens is 285 g/mol. The second kappa shape index (κ2) is 5.78. The Labute approximate surface area is 117 Å². The molecule has 8 heteroatoms. The van der Waals surface area contributed by atoms with Crippen LogP contribution in [0.3, 0.4) is 0 Å². The van der Waals surface area contributed by atoms with Crippen LogP contribution < -0.4 is 11.0 Å². The standard InChI is InChI=1S/C13H11F3N4O/c1-8-5-11(21)19-12(18-8)20-17-7-9-3-2-4-10(6-9)13(14,15)16/h2-7H,1H3,(H2,18,19,20,21). The molecule has 21 heavy (non-hydrogen) atoms. The fourth-order valence-corrected chi connectivity index (χ4v) is 1.60. The van der Waals surface area contributed by atoms with Crippen molar-refractivity contribution in [1.82, 2.24) is 9.97 Å². The maximum absolute atomic E-state index is 12.5. The van der Waals surface area contributed by atoms with E-state index in [0.717, 1.165) is 12.1 Å². The number of nitrogens with zero attached hydrogens (tertiary/aromatic N) is 2. The van der Waals surface area contributed by atoms with Gasteiger partial charge in [-0.3, -0.25) is 9.78 Å². The summed E-state index contributed by atoms with van der Waals surface area (Å²) in [5, 5.41) is 3.74. The number of hydrogen-bond donors (Lipinski definition) is 2. The number of aryl methyl sites for hydroxylation is 1. The minimum absolute atomic E-state index is 0.114. The second-order valence-electron chi connectivity index (χ2n) is 4.23. The molecule has 0 fully saturated rings. The largest absolute Gasteiger partial charge is 0.416 e. The van der Waals surface area contributed by atoms with Crippen LogP contribution in [0, 0.1) is 6.92 Å². The summed E-state index contributed by atoms with van der Waals surface area (Å²) in [5.74, 6) is 0.114. The van der Waals surface area contributed by atoms with Gasteiger partial charge in [0.25, 0.3) is 5.56 Å². The molecule has 2 rings (SSSR count). The Balaban J connectivity index is 2.13. The molecule has 110 valence electrons. The van der Waals surface area contributed by atoms with Gasteiger partial charge in [0.1, 0.15) is 0 Å². The van der Waals surface area contributed by atoms with Crippen molar-refractivity contribution in [2.75, 3.05) is 5.43 Å². The summed E-state index contributed by atoms with van der Waals surface area (Å²) in [5.41, 5.74) is 2.12. The van der Waals surface area contributed by atoms with Crippen molar-refractivity contribution in [2.24, 2.45) is 5.10 Å². The van der Waals surface area contributed by atoms with Gasteiger partial charge >= 0.3 is 6.18 Å². The van der Waals surface area contributed by atoms with Crippen molar-refractivity contribution in [3.8, 4) is 0 Å². The molecule has 0 saturated heterocycles. The Morgan fingerprint density at radius 3 is 2.76 bits per heavy atom. The molecule has 0 unspecified atom stereocenters. The Morgan fingerprint density at radius 2 is 2.10 bits per heavy atom. The van der Waals surface area contributed by atoms with Crippen LogP contribution in [0.5, 0.6) is 0 Å². The minimum atomic E-state index is -4.40. The van der Waals surface area contributed by atoms with Gasteiger partial charge in [0.15, 0.2) is 0 Å². The number of nitrogens with one attached hydrogen (secondary N) is 2. The van der Waals surface area contributed by atoms with E-state index in [0.29, 0.717) is 5.69 Å². The third-order valence-corrected chi connectivity index (χ3v) is 2.47. The monoisotopic (exact) mass is 296 g/mol. The average Bonchev–Trinajstić information content (AvgIpc) is 2.37. The van der Waals surface area contributed by atoms with Crippen LogP contribution in [0.15, 0.2) is 40.2 Å². The summed E-state index contributed by atoms with van der Waals surface area (Å²) in [6.45, 7) is 1.64. The van der Waals surface area contributed by atoms with Crippen molar-refractivity contribution in [3.05, 3.63) is 57.5 Å². The van der Waals surface area contributed by atoms with Gasteiger partial charge in [-0.25, -0.2) is 10.4 Å². The van der Waals surface area contributed by atoms with Crippen LogP contribution in [-0.4, -0.2) is 16.2 Å². The first-order valence-corrected chi connectivity index (χ1v) is 5.89. The Bertz CT molecular complexity index is 722. The lowest BCUT2D eigenvalue weighted by Crippen LogP contribution is -2.10. The molecule has 1 aromatic carbocycles. The van der Waals surface area contributed by atoms with Crippen LogP contribution >= 0.6 is 0 Å². The van der Waals surface area contributed by atoms with Gasteiger partial charge in [-0.15, -0.1) is 0 Å². The third kappa shape index (κ3) is 4.16. The van der Waals surface area contributed by atoms with Crippen LogP contribution in [0.2, 0.25) is 0 Å². The molecule has 0 atom stereocenters. The molecule has 2 aromatic rings. The van der Waals surface area contributed by atoms with Crippen LogP contribution in [0.4, 0.5) is 19.1 Å². The molecular formula is C13H11F3N4O. The zero-order valence-electron chi connectivity index (χ0n) is 10.9. The molecule has 2 N–H and O–H groups in total. The SMILES string of the molecule is Cc1cc(=O)[nH]c(NN=Cc2cccc(C(F)(F)F)c2)n1. The van der Waals surface area contributed by atoms with Gasteiger partial charge in [0, 0.05) is 11.8 Å². The van der Waals surface area contributed by atoms with Crippen LogP contribution in [-0.2, 0) is 6.18 Å². The minimum Gasteiger partial charge on any atom is -0.291 e. The van der Waals surface area contributed by atoms with Gasteiger partial charge in [0.05, 0.1) is 11.8 Å². The smallest absolute Gasteiger partial charge is 0.291 e. The van der Waals surface area contributed by atoms with E-state index in [4.69, 9.17) is 0 Å². The van der Waals surface area contributed by atoms with E-state index in [1.807, 2.05) is 0 Å². The van der Waals surface area contributed by atoms with Gasteiger partial charge in [0.2, 0.25) is 5.95 Å². The van der Waals surface area contributed by atoms with Crippen LogP contribution in [0.1, 0.15) is 16.8 Å². The maximum Gasteiger partial charge on any atom is 0.416 e. The number of halogens is 3. The molecule has 0 aliphatic rings. The molecule has 0 saturated carbocycles. The molecule has 0 amide bonds. The maximum atomic E-state index is 12.5. The van der Waals surface area contributed by atoms with Crippen molar-refractivity contribution in [2.45, 2.75) is 13.1 Å². The predicted molar refractivity (Wildman–Crippen MR) is 72.3 cm³/mol. The zero-order valence-corrected chi connectivity index (χ0v) is 10.9. The normalized spacial score (nSPS) is 11.8. The molecule has 5 nitrogen and oxygen atoms in total. The molecule has 0 aliphatic carbocycles. The number of alkyl halides is 3. The van der Waals surface area contributed by atoms with Crippen molar-refractivity contribution < 1.29 is 13.2 Å². The van der Waals surface area contributed by atoms with Gasteiger partial charge in [-0.1, -0.05) is 12.1 Å². The number of rotatable bonds is 3. The van der Waals surface area contributed by atoms with E-state index in [9.17, 15) is 18.0 Å². The van der Waals surface area contributed by atoms with E-state index in [-0.39, 0.29) is 17.1 Å². The summed E-state index contributed by atoms with van der Waals surface area (Å²) in [7, 11) is 0. The average molecular weight is 296 g/mol. The van der Waals surface area contributed by atoms with Gasteiger partial charge in [-0.05, 0) is 24.6 Å². The summed E-state index contributed by atoms with van der Waals surface area (Å²) < 4.78 is 37.6. The number of aromatic amines is 1. The first-order chi connectivity index (χ1) is 9.84. The molecule has 0 aliphatic heterocycles. The lowest BCUT2D eigenvalue weighted by atomic mass is 10.1. The van der Waals surface area contributed by atoms with Crippen molar-refractivity contribution in [1.29, 1.82) is 0 Å². The summed E-state index contributed by atoms with van der Waals surface area (Å²) >= 11 is 0. The van der Waals surface area contributed by atoms with E-state index in [1.54, 1.807) is 6.92 Å². The zero-order chi connectivity index (χ0) is 15.5. The molecule has 1 aromatic heterocycles. The fourth-order valence-electron chi connectivity index (χ4n) is 1.60. The highest BCUT2D eigenvalue weighted by atomic mass is 19.4. The lowest BCUT2D eigenvalue weighted by molar-refractivity contribution is -0.137. The Kier molecular flexibility index (Phi) is 4.06. The quantitative estimate of drug-likeness (QED) is 0.675.